The number of aromatic carboxylic acids is 1. The van der Waals surface area contributed by atoms with Crippen molar-refractivity contribution < 1.29 is 27.6 Å². The Bertz CT molecular complexity index is 458. The molecule has 1 unspecified atom stereocenters. The van der Waals surface area contributed by atoms with Crippen molar-refractivity contribution in [1.29, 1.82) is 0 Å². The van der Waals surface area contributed by atoms with Crippen molar-refractivity contribution in [1.82, 2.24) is 10.1 Å². The highest BCUT2D eigenvalue weighted by Gasteiger charge is 2.41. The second-order valence-electron chi connectivity index (χ2n) is 4.60. The van der Waals surface area contributed by atoms with Gasteiger partial charge in [0.1, 0.15) is 0 Å². The second kappa shape index (κ2) is 5.20. The number of likely N-dealkylation sites (tertiary alicyclic amines) is 1. The van der Waals surface area contributed by atoms with Gasteiger partial charge in [0.05, 0.1) is 12.5 Å². The first-order valence-corrected chi connectivity index (χ1v) is 5.84. The van der Waals surface area contributed by atoms with Gasteiger partial charge in [-0.05, 0) is 19.4 Å². The lowest BCUT2D eigenvalue weighted by molar-refractivity contribution is -0.187. The summed E-state index contributed by atoms with van der Waals surface area (Å²) in [6, 6.07) is 1.24. The maximum Gasteiger partial charge on any atom is 0.393 e. The monoisotopic (exact) mass is 278 g/mol. The Morgan fingerprint density at radius 3 is 2.89 bits per heavy atom. The van der Waals surface area contributed by atoms with Gasteiger partial charge in [-0.15, -0.1) is 0 Å². The van der Waals surface area contributed by atoms with E-state index < -0.39 is 18.1 Å². The number of rotatable bonds is 3. The quantitative estimate of drug-likeness (QED) is 0.917. The lowest BCUT2D eigenvalue weighted by Crippen LogP contribution is -2.41. The van der Waals surface area contributed by atoms with Gasteiger partial charge in [-0.1, -0.05) is 5.16 Å². The van der Waals surface area contributed by atoms with Gasteiger partial charge in [0.25, 0.3) is 0 Å². The first kappa shape index (κ1) is 13.9. The summed E-state index contributed by atoms with van der Waals surface area (Å²) in [4.78, 5) is 12.2. The molecule has 0 spiro atoms. The number of hydrogen-bond acceptors (Lipinski definition) is 4. The predicted octanol–water partition coefficient (Wildman–Crippen LogP) is 2.15. The van der Waals surface area contributed by atoms with E-state index in [1.165, 1.54) is 6.07 Å². The third-order valence-electron chi connectivity index (χ3n) is 3.13. The van der Waals surface area contributed by atoms with E-state index in [0.29, 0.717) is 13.0 Å². The molecule has 106 valence electrons. The number of carbonyl (C=O) groups is 1. The summed E-state index contributed by atoms with van der Waals surface area (Å²) in [5.74, 6) is -2.29. The van der Waals surface area contributed by atoms with E-state index >= 15 is 0 Å². The average Bonchev–Trinajstić information content (AvgIpc) is 2.77. The Morgan fingerprint density at radius 2 is 2.32 bits per heavy atom. The fourth-order valence-corrected chi connectivity index (χ4v) is 2.17. The zero-order valence-corrected chi connectivity index (χ0v) is 9.98. The van der Waals surface area contributed by atoms with Gasteiger partial charge in [-0.3, -0.25) is 4.90 Å². The van der Waals surface area contributed by atoms with E-state index in [2.05, 4.69) is 5.16 Å². The van der Waals surface area contributed by atoms with Gasteiger partial charge in [0.15, 0.2) is 11.5 Å². The van der Waals surface area contributed by atoms with E-state index in [1.54, 1.807) is 4.90 Å². The van der Waals surface area contributed by atoms with E-state index in [0.717, 1.165) is 0 Å². The highest BCUT2D eigenvalue weighted by molar-refractivity contribution is 5.85. The van der Waals surface area contributed by atoms with Crippen molar-refractivity contribution in [2.45, 2.75) is 25.6 Å². The fraction of sp³-hybridized carbons (Fsp3) is 0.636. The van der Waals surface area contributed by atoms with Crippen LogP contribution in [0.4, 0.5) is 13.2 Å². The van der Waals surface area contributed by atoms with Crippen molar-refractivity contribution in [2.75, 3.05) is 13.1 Å². The maximum absolute atomic E-state index is 12.6. The molecule has 0 aliphatic carbocycles. The van der Waals surface area contributed by atoms with Crippen LogP contribution in [0, 0.1) is 5.92 Å². The standard InChI is InChI=1S/C11H13F3N2O3/c12-11(13,14)7-2-1-3-16(5-7)6-8-4-9(10(17)18)15-19-8/h4,7H,1-3,5-6H2,(H,17,18). The minimum atomic E-state index is -4.19. The Balaban J connectivity index is 1.96. The van der Waals surface area contributed by atoms with Crippen LogP contribution in [0.1, 0.15) is 29.1 Å². The molecule has 0 bridgehead atoms. The van der Waals surface area contributed by atoms with Crippen LogP contribution in [0.5, 0.6) is 0 Å². The normalized spacial score (nSPS) is 21.5. The molecule has 2 rings (SSSR count). The zero-order valence-electron chi connectivity index (χ0n) is 9.98. The van der Waals surface area contributed by atoms with Crippen LogP contribution in [0.25, 0.3) is 0 Å². The highest BCUT2D eigenvalue weighted by atomic mass is 19.4. The average molecular weight is 278 g/mol. The van der Waals surface area contributed by atoms with Gasteiger partial charge in [0, 0.05) is 12.6 Å². The molecule has 1 aromatic rings. The van der Waals surface area contributed by atoms with Crippen molar-refractivity contribution >= 4 is 5.97 Å². The molecule has 5 nitrogen and oxygen atoms in total. The molecule has 2 heterocycles. The molecule has 1 atom stereocenters. The number of carboxylic acid groups (broad SMARTS) is 1. The van der Waals surface area contributed by atoms with Crippen LogP contribution in [0.3, 0.4) is 0 Å². The van der Waals surface area contributed by atoms with Gasteiger partial charge >= 0.3 is 12.1 Å². The number of carboxylic acids is 1. The van der Waals surface area contributed by atoms with Crippen molar-refractivity contribution in [2.24, 2.45) is 5.92 Å². The molecule has 0 saturated carbocycles. The van der Waals surface area contributed by atoms with E-state index in [4.69, 9.17) is 9.63 Å². The van der Waals surface area contributed by atoms with Gasteiger partial charge < -0.3 is 9.63 Å². The number of piperidine rings is 1. The van der Waals surface area contributed by atoms with E-state index in [-0.39, 0.29) is 31.0 Å². The molecular formula is C11H13F3N2O3. The lowest BCUT2D eigenvalue weighted by atomic mass is 9.97. The molecule has 1 N–H and O–H groups in total. The molecule has 1 aromatic heterocycles. The summed E-state index contributed by atoms with van der Waals surface area (Å²) < 4.78 is 42.7. The Hall–Kier alpha value is -1.57. The summed E-state index contributed by atoms with van der Waals surface area (Å²) in [6.07, 6.45) is -3.59. The van der Waals surface area contributed by atoms with Crippen LogP contribution in [0.15, 0.2) is 10.6 Å². The maximum atomic E-state index is 12.6. The lowest BCUT2D eigenvalue weighted by Gasteiger charge is -2.32. The predicted molar refractivity (Wildman–Crippen MR) is 57.5 cm³/mol. The Kier molecular flexibility index (Phi) is 3.79. The van der Waals surface area contributed by atoms with Gasteiger partial charge in [-0.25, -0.2) is 4.79 Å². The molecular weight excluding hydrogens is 265 g/mol. The molecule has 1 saturated heterocycles. The first-order chi connectivity index (χ1) is 8.86. The molecule has 8 heteroatoms. The zero-order chi connectivity index (χ0) is 14.0. The number of halogens is 3. The van der Waals surface area contributed by atoms with Crippen molar-refractivity contribution in [3.63, 3.8) is 0 Å². The summed E-state index contributed by atoms with van der Waals surface area (Å²) in [7, 11) is 0. The Morgan fingerprint density at radius 1 is 1.58 bits per heavy atom. The summed E-state index contributed by atoms with van der Waals surface area (Å²) in [5, 5.41) is 12.0. The van der Waals surface area contributed by atoms with Crippen LogP contribution in [0.2, 0.25) is 0 Å². The third-order valence-corrected chi connectivity index (χ3v) is 3.13. The number of alkyl halides is 3. The molecule has 19 heavy (non-hydrogen) atoms. The molecule has 0 amide bonds. The van der Waals surface area contributed by atoms with Crippen molar-refractivity contribution in [3.05, 3.63) is 17.5 Å². The minimum absolute atomic E-state index is 0.0907. The molecule has 0 aromatic carbocycles. The minimum Gasteiger partial charge on any atom is -0.476 e. The van der Waals surface area contributed by atoms with Crippen LogP contribution >= 0.6 is 0 Å². The Labute approximate surface area is 107 Å². The molecule has 0 radical (unpaired) electrons. The summed E-state index contributed by atoms with van der Waals surface area (Å²) in [5.41, 5.74) is -0.237. The topological polar surface area (TPSA) is 66.6 Å². The molecule has 1 fully saturated rings. The smallest absolute Gasteiger partial charge is 0.393 e. The van der Waals surface area contributed by atoms with Crippen LogP contribution in [-0.2, 0) is 6.54 Å². The van der Waals surface area contributed by atoms with E-state index in [9.17, 15) is 18.0 Å². The largest absolute Gasteiger partial charge is 0.476 e. The van der Waals surface area contributed by atoms with Gasteiger partial charge in [-0.2, -0.15) is 13.2 Å². The summed E-state index contributed by atoms with van der Waals surface area (Å²) >= 11 is 0. The highest BCUT2D eigenvalue weighted by Crippen LogP contribution is 2.33. The molecule has 1 aliphatic rings. The fourth-order valence-electron chi connectivity index (χ4n) is 2.17. The molecule has 1 aliphatic heterocycles. The number of hydrogen-bond donors (Lipinski definition) is 1. The number of aromatic nitrogens is 1. The van der Waals surface area contributed by atoms with E-state index in [1.807, 2.05) is 0 Å². The van der Waals surface area contributed by atoms with Gasteiger partial charge in [0.2, 0.25) is 0 Å². The third kappa shape index (κ3) is 3.46. The van der Waals surface area contributed by atoms with Crippen molar-refractivity contribution in [3.8, 4) is 0 Å². The SMILES string of the molecule is O=C(O)c1cc(CN2CCCC(C(F)(F)F)C2)on1. The second-order valence-corrected chi connectivity index (χ2v) is 4.60. The van der Waals surface area contributed by atoms with Crippen LogP contribution < -0.4 is 0 Å². The first-order valence-electron chi connectivity index (χ1n) is 5.84. The summed E-state index contributed by atoms with van der Waals surface area (Å²) in [6.45, 7) is 0.592. The number of nitrogens with zero attached hydrogens (tertiary/aromatic N) is 2. The van der Waals surface area contributed by atoms with Crippen LogP contribution in [-0.4, -0.2) is 40.4 Å².